The van der Waals surface area contributed by atoms with Crippen LogP contribution in [0.15, 0.2) is 241 Å². The lowest BCUT2D eigenvalue weighted by atomic mass is 9.93. The van der Waals surface area contributed by atoms with Gasteiger partial charge in [-0.2, -0.15) is 0 Å². The Balaban J connectivity index is 1.03. The summed E-state index contributed by atoms with van der Waals surface area (Å²) in [4.78, 5) is 2.35. The van der Waals surface area contributed by atoms with E-state index in [0.29, 0.717) is 0 Å². The predicted molar refractivity (Wildman–Crippen MR) is 253 cm³/mol. The van der Waals surface area contributed by atoms with E-state index in [1.165, 1.54) is 54.9 Å². The lowest BCUT2D eigenvalue weighted by Crippen LogP contribution is -2.10. The number of fused-ring (bicyclic) bond motifs is 4. The molecule has 282 valence electrons. The zero-order valence-corrected chi connectivity index (χ0v) is 32.9. The SMILES string of the molecule is c1ccc(-c2cccc(-c3ccc(N(c4ccc(-c5cc6ccccc6c6ccccc56)cc4)c4cccc(-c5oc6ccccc6c5-c5ccccc5)c4)cc3)c2)cc1. The average Bonchev–Trinajstić information content (AvgIpc) is 3.73. The summed E-state index contributed by atoms with van der Waals surface area (Å²) in [5, 5.41) is 6.13. The number of rotatable bonds is 8. The lowest BCUT2D eigenvalue weighted by molar-refractivity contribution is 0.632. The molecule has 2 nitrogen and oxygen atoms in total. The molecule has 0 N–H and O–H groups in total. The summed E-state index contributed by atoms with van der Waals surface area (Å²) in [7, 11) is 0. The highest BCUT2D eigenvalue weighted by atomic mass is 16.3. The molecule has 1 aromatic heterocycles. The summed E-state index contributed by atoms with van der Waals surface area (Å²) >= 11 is 0. The van der Waals surface area contributed by atoms with E-state index < -0.39 is 0 Å². The summed E-state index contributed by atoms with van der Waals surface area (Å²) in [5.41, 5.74) is 14.4. The fraction of sp³-hybridized carbons (Fsp3) is 0. The Morgan fingerprint density at radius 2 is 0.800 bits per heavy atom. The summed E-state index contributed by atoms with van der Waals surface area (Å²) < 4.78 is 6.70. The number of benzene rings is 10. The summed E-state index contributed by atoms with van der Waals surface area (Å²) in [6.07, 6.45) is 0. The van der Waals surface area contributed by atoms with E-state index in [2.05, 4.69) is 235 Å². The highest BCUT2D eigenvalue weighted by Gasteiger charge is 2.20. The molecule has 0 unspecified atom stereocenters. The first-order chi connectivity index (χ1) is 29.7. The summed E-state index contributed by atoms with van der Waals surface area (Å²) in [6.45, 7) is 0. The second kappa shape index (κ2) is 15.1. The molecule has 0 fully saturated rings. The van der Waals surface area contributed by atoms with E-state index >= 15 is 0 Å². The summed E-state index contributed by atoms with van der Waals surface area (Å²) in [5.74, 6) is 0.858. The van der Waals surface area contributed by atoms with Crippen LogP contribution in [0.25, 0.3) is 88.3 Å². The molecule has 0 saturated carbocycles. The standard InChI is InChI=1S/C58H39NO/c1-3-15-40(16-4-1)44-20-13-21-45(37-44)41-29-33-48(34-30-41)59(49-35-31-42(32-36-49)55-39-46-19-7-8-24-51(46)52-25-9-10-26-53(52)55)50-23-14-22-47(38-50)58-57(43-17-5-2-6-18-43)54-27-11-12-28-56(54)60-58/h1-39H. The molecule has 0 saturated heterocycles. The Morgan fingerprint density at radius 3 is 1.52 bits per heavy atom. The zero-order valence-electron chi connectivity index (χ0n) is 32.9. The van der Waals surface area contributed by atoms with E-state index in [9.17, 15) is 0 Å². The Bertz CT molecular complexity index is 3290. The van der Waals surface area contributed by atoms with Crippen LogP contribution in [0.4, 0.5) is 17.1 Å². The highest BCUT2D eigenvalue weighted by Crippen LogP contribution is 2.44. The molecule has 0 atom stereocenters. The first-order valence-corrected chi connectivity index (χ1v) is 20.5. The molecule has 0 spiro atoms. The van der Waals surface area contributed by atoms with Crippen LogP contribution in [0.2, 0.25) is 0 Å². The van der Waals surface area contributed by atoms with Gasteiger partial charge >= 0.3 is 0 Å². The summed E-state index contributed by atoms with van der Waals surface area (Å²) in [6, 6.07) is 84.7. The van der Waals surface area contributed by atoms with Gasteiger partial charge in [-0.3, -0.25) is 0 Å². The quantitative estimate of drug-likeness (QED) is 0.143. The van der Waals surface area contributed by atoms with Gasteiger partial charge in [0.05, 0.1) is 0 Å². The first-order valence-electron chi connectivity index (χ1n) is 20.5. The van der Waals surface area contributed by atoms with Gasteiger partial charge in [-0.15, -0.1) is 0 Å². The molecule has 11 rings (SSSR count). The van der Waals surface area contributed by atoms with E-state index in [0.717, 1.165) is 50.5 Å². The maximum absolute atomic E-state index is 6.70. The minimum Gasteiger partial charge on any atom is -0.455 e. The van der Waals surface area contributed by atoms with Crippen molar-refractivity contribution in [3.63, 3.8) is 0 Å². The van der Waals surface area contributed by atoms with Crippen molar-refractivity contribution in [2.75, 3.05) is 4.90 Å². The molecular weight excluding hydrogens is 727 g/mol. The topological polar surface area (TPSA) is 16.4 Å². The number of hydrogen-bond acceptors (Lipinski definition) is 2. The van der Waals surface area contributed by atoms with Gasteiger partial charge in [-0.05, 0) is 115 Å². The number of anilines is 3. The fourth-order valence-electron chi connectivity index (χ4n) is 8.77. The van der Waals surface area contributed by atoms with Gasteiger partial charge in [-0.1, -0.05) is 182 Å². The lowest BCUT2D eigenvalue weighted by Gasteiger charge is -2.26. The fourth-order valence-corrected chi connectivity index (χ4v) is 8.77. The number of para-hydroxylation sites is 1. The molecule has 1 heterocycles. The zero-order chi connectivity index (χ0) is 39.8. The molecule has 0 aliphatic heterocycles. The van der Waals surface area contributed by atoms with E-state index in [-0.39, 0.29) is 0 Å². The molecular formula is C58H39NO. The second-order valence-electron chi connectivity index (χ2n) is 15.3. The largest absolute Gasteiger partial charge is 0.455 e. The smallest absolute Gasteiger partial charge is 0.143 e. The minimum absolute atomic E-state index is 0.858. The molecule has 10 aromatic carbocycles. The Labute approximate surface area is 349 Å². The van der Waals surface area contributed by atoms with Crippen molar-refractivity contribution in [3.8, 4) is 55.8 Å². The Morgan fingerprint density at radius 1 is 0.283 bits per heavy atom. The third kappa shape index (κ3) is 6.41. The second-order valence-corrected chi connectivity index (χ2v) is 15.3. The van der Waals surface area contributed by atoms with E-state index in [1.54, 1.807) is 0 Å². The molecule has 2 heteroatoms. The van der Waals surface area contributed by atoms with Crippen molar-refractivity contribution in [2.24, 2.45) is 0 Å². The van der Waals surface area contributed by atoms with Crippen molar-refractivity contribution >= 4 is 49.6 Å². The van der Waals surface area contributed by atoms with Crippen LogP contribution in [0.3, 0.4) is 0 Å². The van der Waals surface area contributed by atoms with Gasteiger partial charge in [0.15, 0.2) is 0 Å². The average molecular weight is 766 g/mol. The third-order valence-electron chi connectivity index (χ3n) is 11.7. The Hall–Kier alpha value is -7.94. The van der Waals surface area contributed by atoms with Gasteiger partial charge in [0.1, 0.15) is 11.3 Å². The molecule has 0 aliphatic rings. The molecule has 0 aliphatic carbocycles. The molecule has 0 amide bonds. The maximum Gasteiger partial charge on any atom is 0.143 e. The van der Waals surface area contributed by atoms with Gasteiger partial charge in [-0.25, -0.2) is 0 Å². The van der Waals surface area contributed by atoms with Gasteiger partial charge in [0, 0.05) is 33.6 Å². The molecule has 60 heavy (non-hydrogen) atoms. The van der Waals surface area contributed by atoms with Crippen LogP contribution < -0.4 is 4.90 Å². The van der Waals surface area contributed by atoms with Crippen LogP contribution in [0.5, 0.6) is 0 Å². The van der Waals surface area contributed by atoms with Crippen molar-refractivity contribution in [1.82, 2.24) is 0 Å². The van der Waals surface area contributed by atoms with Crippen LogP contribution in [0.1, 0.15) is 0 Å². The number of furan rings is 1. The predicted octanol–water partition coefficient (Wildman–Crippen LogP) is 16.5. The van der Waals surface area contributed by atoms with Gasteiger partial charge in [0.25, 0.3) is 0 Å². The van der Waals surface area contributed by atoms with Crippen LogP contribution in [-0.2, 0) is 0 Å². The van der Waals surface area contributed by atoms with Gasteiger partial charge < -0.3 is 9.32 Å². The first kappa shape index (κ1) is 35.2. The maximum atomic E-state index is 6.70. The van der Waals surface area contributed by atoms with E-state index in [4.69, 9.17) is 4.42 Å². The van der Waals surface area contributed by atoms with Crippen LogP contribution >= 0.6 is 0 Å². The number of nitrogens with zero attached hydrogens (tertiary/aromatic N) is 1. The number of hydrogen-bond donors (Lipinski definition) is 0. The van der Waals surface area contributed by atoms with Crippen molar-refractivity contribution in [3.05, 3.63) is 237 Å². The third-order valence-corrected chi connectivity index (χ3v) is 11.7. The minimum atomic E-state index is 0.858. The van der Waals surface area contributed by atoms with Gasteiger partial charge in [0.2, 0.25) is 0 Å². The Kier molecular flexibility index (Phi) is 8.87. The van der Waals surface area contributed by atoms with Crippen LogP contribution in [-0.4, -0.2) is 0 Å². The van der Waals surface area contributed by atoms with Crippen molar-refractivity contribution in [2.45, 2.75) is 0 Å². The van der Waals surface area contributed by atoms with E-state index in [1.807, 2.05) is 6.07 Å². The monoisotopic (exact) mass is 765 g/mol. The van der Waals surface area contributed by atoms with Crippen molar-refractivity contribution in [1.29, 1.82) is 0 Å². The van der Waals surface area contributed by atoms with Crippen LogP contribution in [0, 0.1) is 0 Å². The van der Waals surface area contributed by atoms with Crippen molar-refractivity contribution < 1.29 is 4.42 Å². The molecule has 0 bridgehead atoms. The molecule has 0 radical (unpaired) electrons. The molecule has 11 aromatic rings. The highest BCUT2D eigenvalue weighted by molar-refractivity contribution is 6.13. The normalized spacial score (nSPS) is 11.3.